The molecular formula is C14H19NO3. The molecule has 0 spiro atoms. The van der Waals surface area contributed by atoms with Crippen LogP contribution in [0.3, 0.4) is 0 Å². The van der Waals surface area contributed by atoms with E-state index in [1.54, 1.807) is 12.1 Å². The second kappa shape index (κ2) is 5.40. The van der Waals surface area contributed by atoms with Gasteiger partial charge in [0.05, 0.1) is 5.56 Å². The van der Waals surface area contributed by atoms with Crippen LogP contribution in [-0.4, -0.2) is 35.9 Å². The van der Waals surface area contributed by atoms with E-state index in [4.69, 9.17) is 5.11 Å². The van der Waals surface area contributed by atoms with Gasteiger partial charge in [-0.15, -0.1) is 0 Å². The van der Waals surface area contributed by atoms with Gasteiger partial charge in [-0.05, 0) is 49.4 Å². The van der Waals surface area contributed by atoms with E-state index in [2.05, 4.69) is 4.90 Å². The summed E-state index contributed by atoms with van der Waals surface area (Å²) in [6, 6.07) is 5.23. The largest absolute Gasteiger partial charge is 0.478 e. The van der Waals surface area contributed by atoms with Crippen LogP contribution < -0.4 is 4.90 Å². The number of carboxylic acid groups (broad SMARTS) is 1. The molecule has 0 bridgehead atoms. The van der Waals surface area contributed by atoms with E-state index < -0.39 is 5.97 Å². The summed E-state index contributed by atoms with van der Waals surface area (Å²) in [7, 11) is 0. The van der Waals surface area contributed by atoms with Crippen molar-refractivity contribution in [2.45, 2.75) is 19.8 Å². The van der Waals surface area contributed by atoms with Crippen molar-refractivity contribution in [3.8, 4) is 0 Å². The lowest BCUT2D eigenvalue weighted by molar-refractivity contribution is 0.0697. The van der Waals surface area contributed by atoms with E-state index in [0.29, 0.717) is 11.5 Å². The molecule has 1 fully saturated rings. The van der Waals surface area contributed by atoms with Crippen molar-refractivity contribution in [2.24, 2.45) is 5.92 Å². The number of hydrogen-bond acceptors (Lipinski definition) is 3. The molecule has 1 aromatic rings. The minimum atomic E-state index is -0.892. The van der Waals surface area contributed by atoms with E-state index in [1.165, 1.54) is 0 Å². The zero-order valence-electron chi connectivity index (χ0n) is 10.6. The third kappa shape index (κ3) is 2.64. The molecule has 1 unspecified atom stereocenters. The summed E-state index contributed by atoms with van der Waals surface area (Å²) in [6.07, 6.45) is 2.14. The van der Waals surface area contributed by atoms with E-state index >= 15 is 0 Å². The number of carboxylic acids is 1. The second-order valence-electron chi connectivity index (χ2n) is 4.94. The number of carbonyl (C=O) groups is 1. The Balaban J connectivity index is 2.20. The average molecular weight is 249 g/mol. The smallest absolute Gasteiger partial charge is 0.335 e. The molecule has 2 rings (SSSR count). The summed E-state index contributed by atoms with van der Waals surface area (Å²) >= 11 is 0. The first-order valence-electron chi connectivity index (χ1n) is 6.31. The molecule has 1 heterocycles. The van der Waals surface area contributed by atoms with Gasteiger partial charge in [0.25, 0.3) is 0 Å². The number of anilines is 1. The number of nitrogens with zero attached hydrogens (tertiary/aromatic N) is 1. The Morgan fingerprint density at radius 3 is 2.89 bits per heavy atom. The zero-order valence-corrected chi connectivity index (χ0v) is 10.6. The maximum absolute atomic E-state index is 10.9. The molecule has 0 aliphatic carbocycles. The van der Waals surface area contributed by atoms with Gasteiger partial charge in [0, 0.05) is 25.4 Å². The van der Waals surface area contributed by atoms with Crippen molar-refractivity contribution in [3.63, 3.8) is 0 Å². The Morgan fingerprint density at radius 1 is 1.50 bits per heavy atom. The molecule has 0 radical (unpaired) electrons. The molecule has 0 aromatic heterocycles. The second-order valence-corrected chi connectivity index (χ2v) is 4.94. The van der Waals surface area contributed by atoms with Gasteiger partial charge < -0.3 is 15.1 Å². The lowest BCUT2D eigenvalue weighted by Crippen LogP contribution is -2.37. The van der Waals surface area contributed by atoms with Crippen LogP contribution in [0.25, 0.3) is 0 Å². The molecule has 4 nitrogen and oxygen atoms in total. The Bertz CT molecular complexity index is 445. The maximum Gasteiger partial charge on any atom is 0.335 e. The number of rotatable bonds is 3. The molecule has 18 heavy (non-hydrogen) atoms. The predicted molar refractivity (Wildman–Crippen MR) is 70.2 cm³/mol. The summed E-state index contributed by atoms with van der Waals surface area (Å²) in [5.41, 5.74) is 2.39. The highest BCUT2D eigenvalue weighted by Crippen LogP contribution is 2.26. The summed E-state index contributed by atoms with van der Waals surface area (Å²) in [5, 5.41) is 18.2. The first-order chi connectivity index (χ1) is 8.61. The van der Waals surface area contributed by atoms with Crippen LogP contribution in [-0.2, 0) is 0 Å². The summed E-state index contributed by atoms with van der Waals surface area (Å²) in [5.74, 6) is -0.561. The Morgan fingerprint density at radius 2 is 2.28 bits per heavy atom. The van der Waals surface area contributed by atoms with E-state index in [0.717, 1.165) is 37.2 Å². The Hall–Kier alpha value is -1.55. The topological polar surface area (TPSA) is 60.8 Å². The van der Waals surface area contributed by atoms with Crippen molar-refractivity contribution in [3.05, 3.63) is 29.3 Å². The number of aliphatic hydroxyl groups is 1. The molecule has 1 aromatic carbocycles. The molecule has 1 saturated heterocycles. The number of aryl methyl sites for hydroxylation is 1. The first-order valence-corrected chi connectivity index (χ1v) is 6.31. The summed E-state index contributed by atoms with van der Waals surface area (Å²) < 4.78 is 0. The molecule has 1 aliphatic rings. The van der Waals surface area contributed by atoms with Gasteiger partial charge in [-0.3, -0.25) is 0 Å². The predicted octanol–water partition coefficient (Wildman–Crippen LogP) is 1.90. The van der Waals surface area contributed by atoms with Crippen LogP contribution in [0, 0.1) is 12.8 Å². The fraction of sp³-hybridized carbons (Fsp3) is 0.500. The quantitative estimate of drug-likeness (QED) is 0.859. The van der Waals surface area contributed by atoms with Gasteiger partial charge in [-0.25, -0.2) is 4.79 Å². The minimum Gasteiger partial charge on any atom is -0.478 e. The van der Waals surface area contributed by atoms with Crippen molar-refractivity contribution in [1.82, 2.24) is 0 Å². The van der Waals surface area contributed by atoms with Gasteiger partial charge in [-0.1, -0.05) is 0 Å². The van der Waals surface area contributed by atoms with Crippen molar-refractivity contribution in [2.75, 3.05) is 24.6 Å². The lowest BCUT2D eigenvalue weighted by atomic mass is 9.97. The summed E-state index contributed by atoms with van der Waals surface area (Å²) in [6.45, 7) is 3.99. The third-order valence-corrected chi connectivity index (χ3v) is 3.56. The average Bonchev–Trinajstić information content (AvgIpc) is 2.38. The van der Waals surface area contributed by atoms with Gasteiger partial charge in [-0.2, -0.15) is 0 Å². The highest BCUT2D eigenvalue weighted by Gasteiger charge is 2.20. The Labute approximate surface area is 107 Å². The fourth-order valence-electron chi connectivity index (χ4n) is 2.58. The molecular weight excluding hydrogens is 230 g/mol. The molecule has 1 atom stereocenters. The van der Waals surface area contributed by atoms with Crippen molar-refractivity contribution >= 4 is 11.7 Å². The number of aromatic carboxylic acids is 1. The fourth-order valence-corrected chi connectivity index (χ4v) is 2.58. The van der Waals surface area contributed by atoms with Gasteiger partial charge in [0.1, 0.15) is 0 Å². The first kappa shape index (κ1) is 12.9. The van der Waals surface area contributed by atoms with Gasteiger partial charge in [0.2, 0.25) is 0 Å². The lowest BCUT2D eigenvalue weighted by Gasteiger charge is -2.34. The third-order valence-electron chi connectivity index (χ3n) is 3.56. The van der Waals surface area contributed by atoms with Crippen molar-refractivity contribution in [1.29, 1.82) is 0 Å². The number of hydrogen-bond donors (Lipinski definition) is 2. The zero-order chi connectivity index (χ0) is 13.1. The van der Waals surface area contributed by atoms with Crippen LogP contribution in [0.4, 0.5) is 5.69 Å². The SMILES string of the molecule is Cc1cc(C(=O)O)ccc1N1CCCC(CO)C1. The minimum absolute atomic E-state index is 0.225. The molecule has 1 aliphatic heterocycles. The van der Waals surface area contributed by atoms with E-state index in [-0.39, 0.29) is 6.61 Å². The van der Waals surface area contributed by atoms with E-state index in [1.807, 2.05) is 13.0 Å². The summed E-state index contributed by atoms with van der Waals surface area (Å²) in [4.78, 5) is 13.1. The molecule has 0 saturated carbocycles. The highest BCUT2D eigenvalue weighted by molar-refractivity contribution is 5.88. The number of piperidine rings is 1. The number of benzene rings is 1. The number of aliphatic hydroxyl groups excluding tert-OH is 1. The Kier molecular flexibility index (Phi) is 3.87. The van der Waals surface area contributed by atoms with E-state index in [9.17, 15) is 9.90 Å². The van der Waals surface area contributed by atoms with Crippen LogP contribution >= 0.6 is 0 Å². The normalized spacial score (nSPS) is 19.9. The van der Waals surface area contributed by atoms with Crippen molar-refractivity contribution < 1.29 is 15.0 Å². The van der Waals surface area contributed by atoms with Gasteiger partial charge >= 0.3 is 5.97 Å². The highest BCUT2D eigenvalue weighted by atomic mass is 16.4. The monoisotopic (exact) mass is 249 g/mol. The molecule has 0 amide bonds. The van der Waals surface area contributed by atoms with Gasteiger partial charge in [0.15, 0.2) is 0 Å². The standard InChI is InChI=1S/C14H19NO3/c1-10-7-12(14(17)18)4-5-13(10)15-6-2-3-11(8-15)9-16/h4-5,7,11,16H,2-3,6,8-9H2,1H3,(H,17,18). The van der Waals surface area contributed by atoms with Crippen LogP contribution in [0.5, 0.6) is 0 Å². The molecule has 98 valence electrons. The van der Waals surface area contributed by atoms with Crippen LogP contribution in [0.15, 0.2) is 18.2 Å². The van der Waals surface area contributed by atoms with Crippen LogP contribution in [0.1, 0.15) is 28.8 Å². The van der Waals surface area contributed by atoms with Crippen LogP contribution in [0.2, 0.25) is 0 Å². The maximum atomic E-state index is 10.9. The molecule has 4 heteroatoms. The molecule has 2 N–H and O–H groups in total.